The van der Waals surface area contributed by atoms with Crippen molar-refractivity contribution >= 4 is 24.6 Å². The predicted molar refractivity (Wildman–Crippen MR) is 32.4 cm³/mol. The molecule has 0 aromatic carbocycles. The predicted octanol–water partition coefficient (Wildman–Crippen LogP) is 1.63. The maximum atomic E-state index is 9.75. The van der Waals surface area contributed by atoms with E-state index in [1.165, 1.54) is 0 Å². The second kappa shape index (κ2) is 5.74. The van der Waals surface area contributed by atoms with E-state index in [1.807, 2.05) is 0 Å². The van der Waals surface area contributed by atoms with Crippen molar-refractivity contribution < 1.29 is 17.3 Å². The third-order valence-electron chi connectivity index (χ3n) is 0. The van der Waals surface area contributed by atoms with Gasteiger partial charge < -0.3 is 22.8 Å². The smallest absolute Gasteiger partial charge is 0.418 e. The molecule has 2 unspecified atom stereocenters. The number of halogens is 4. The van der Waals surface area contributed by atoms with Crippen molar-refractivity contribution in [2.75, 3.05) is 0 Å². The van der Waals surface area contributed by atoms with Gasteiger partial charge >= 0.3 is 7.25 Å². The molecule has 0 bridgehead atoms. The Balaban J connectivity index is 0. The molecule has 0 heterocycles. The summed E-state index contributed by atoms with van der Waals surface area (Å²) in [5, 5.41) is 0. The van der Waals surface area contributed by atoms with Crippen LogP contribution in [0.15, 0.2) is 0 Å². The van der Waals surface area contributed by atoms with Crippen LogP contribution in [0.3, 0.4) is 0 Å². The maximum Gasteiger partial charge on any atom is 0.673 e. The Morgan fingerprint density at radius 3 is 1.25 bits per heavy atom. The molecular formula is H5BF4NP2-. The Kier molecular flexibility index (Phi) is 8.18. The van der Waals surface area contributed by atoms with Gasteiger partial charge in [-0.1, -0.05) is 8.93 Å². The normalized spacial score (nSPS) is 11.2. The van der Waals surface area contributed by atoms with Crippen molar-refractivity contribution in [1.82, 2.24) is 0 Å². The Bertz CT molecular complexity index is 37.8. The Morgan fingerprint density at radius 2 is 1.25 bits per heavy atom. The minimum absolute atomic E-state index is 0.500. The summed E-state index contributed by atoms with van der Waals surface area (Å²) >= 11 is 0. The van der Waals surface area contributed by atoms with Crippen molar-refractivity contribution in [3.05, 3.63) is 0 Å². The molecule has 0 aromatic heterocycles. The van der Waals surface area contributed by atoms with Crippen molar-refractivity contribution in [2.24, 2.45) is 5.50 Å². The Hall–Kier alpha value is 0.605. The molecule has 0 aliphatic heterocycles. The first-order chi connectivity index (χ1) is 3.41. The van der Waals surface area contributed by atoms with Crippen LogP contribution in [0, 0.1) is 0 Å². The van der Waals surface area contributed by atoms with Gasteiger partial charge in [0.15, 0.2) is 0 Å². The van der Waals surface area contributed by atoms with E-state index in [2.05, 4.69) is 8.93 Å². The fourth-order valence-electron chi connectivity index (χ4n) is 0. The summed E-state index contributed by atoms with van der Waals surface area (Å²) < 4.78 is 39.0. The van der Waals surface area contributed by atoms with Crippen LogP contribution in [0.4, 0.5) is 17.3 Å². The van der Waals surface area contributed by atoms with Gasteiger partial charge in [-0.2, -0.15) is 0 Å². The van der Waals surface area contributed by atoms with E-state index in [1.54, 1.807) is 0 Å². The van der Waals surface area contributed by atoms with Gasteiger partial charge in [0.25, 0.3) is 0 Å². The fourth-order valence-corrected chi connectivity index (χ4v) is 0. The zero-order valence-corrected chi connectivity index (χ0v) is 5.90. The van der Waals surface area contributed by atoms with E-state index in [4.69, 9.17) is 5.50 Å². The van der Waals surface area contributed by atoms with E-state index in [0.29, 0.717) is 8.42 Å². The highest BCUT2D eigenvalue weighted by Crippen LogP contribution is 2.06. The van der Waals surface area contributed by atoms with Gasteiger partial charge in [-0.05, 0) is 8.42 Å². The zero-order chi connectivity index (χ0) is 7.21. The first-order valence-corrected chi connectivity index (χ1v) is 4.34. The van der Waals surface area contributed by atoms with Gasteiger partial charge in [0.05, 0.1) is 0 Å². The highest BCUT2D eigenvalue weighted by molar-refractivity contribution is 8.01. The van der Waals surface area contributed by atoms with Gasteiger partial charge in [0, 0.05) is 0 Å². The van der Waals surface area contributed by atoms with Crippen molar-refractivity contribution in [2.45, 2.75) is 0 Å². The van der Waals surface area contributed by atoms with Crippen molar-refractivity contribution in [1.29, 1.82) is 0 Å². The van der Waals surface area contributed by atoms with E-state index in [-0.39, 0.29) is 0 Å². The lowest BCUT2D eigenvalue weighted by atomic mass is 10.3. The molecule has 0 fully saturated rings. The average molecular weight is 168 g/mol. The number of hydrogen-bond donors (Lipinski definition) is 1. The monoisotopic (exact) mass is 168 g/mol. The first-order valence-electron chi connectivity index (χ1n) is 1.45. The number of nitrogens with two attached hydrogens (primary N) is 1. The molecule has 8 heavy (non-hydrogen) atoms. The first kappa shape index (κ1) is 11.4. The summed E-state index contributed by atoms with van der Waals surface area (Å²) in [6.45, 7) is 0. The average Bonchev–Trinajstić information content (AvgIpc) is 1.27. The lowest BCUT2D eigenvalue weighted by Crippen LogP contribution is -2.02. The molecule has 0 spiro atoms. The summed E-state index contributed by atoms with van der Waals surface area (Å²) in [4.78, 5) is 0. The summed E-state index contributed by atoms with van der Waals surface area (Å²) in [5.41, 5.74) is 4.84. The van der Waals surface area contributed by atoms with Crippen molar-refractivity contribution in [3.63, 3.8) is 0 Å². The molecule has 0 radical (unpaired) electrons. The van der Waals surface area contributed by atoms with Gasteiger partial charge in [0.1, 0.15) is 0 Å². The molecular weight excluding hydrogens is 163 g/mol. The molecule has 0 aliphatic rings. The molecule has 2 N–H and O–H groups in total. The van der Waals surface area contributed by atoms with E-state index < -0.39 is 7.25 Å². The van der Waals surface area contributed by atoms with Crippen LogP contribution in [0.25, 0.3) is 0 Å². The van der Waals surface area contributed by atoms with Crippen LogP contribution < -0.4 is 5.50 Å². The summed E-state index contributed by atoms with van der Waals surface area (Å²) in [6, 6.07) is 0. The minimum atomic E-state index is -6.00. The molecule has 0 saturated carbocycles. The van der Waals surface area contributed by atoms with Crippen LogP contribution in [0.2, 0.25) is 0 Å². The van der Waals surface area contributed by atoms with Gasteiger partial charge in [0.2, 0.25) is 0 Å². The van der Waals surface area contributed by atoms with Crippen molar-refractivity contribution in [3.8, 4) is 0 Å². The molecule has 2 atom stereocenters. The third kappa shape index (κ3) is 567. The van der Waals surface area contributed by atoms with E-state index in [0.717, 1.165) is 0 Å². The summed E-state index contributed by atoms with van der Waals surface area (Å²) in [6.07, 6.45) is 0. The Morgan fingerprint density at radius 1 is 1.25 bits per heavy atom. The quantitative estimate of drug-likeness (QED) is 0.332. The zero-order valence-electron chi connectivity index (χ0n) is 3.74. The molecule has 1 nitrogen and oxygen atoms in total. The summed E-state index contributed by atoms with van der Waals surface area (Å²) in [5.74, 6) is 0. The van der Waals surface area contributed by atoms with Crippen LogP contribution in [0.5, 0.6) is 0 Å². The van der Waals surface area contributed by atoms with Crippen LogP contribution >= 0.6 is 17.3 Å². The van der Waals surface area contributed by atoms with E-state index >= 15 is 0 Å². The lowest BCUT2D eigenvalue weighted by Gasteiger charge is -1.94. The molecule has 0 aliphatic carbocycles. The van der Waals surface area contributed by atoms with Crippen LogP contribution in [0.1, 0.15) is 0 Å². The van der Waals surface area contributed by atoms with E-state index in [9.17, 15) is 17.3 Å². The molecule has 0 rings (SSSR count). The number of rotatable bonds is 0. The SMILES string of the molecule is F[B-](F)(F)F.NPP. The lowest BCUT2D eigenvalue weighted by molar-refractivity contribution is 0.368. The number of hydrogen-bond acceptors (Lipinski definition) is 1. The van der Waals surface area contributed by atoms with Gasteiger partial charge in [-0.25, -0.2) is 0 Å². The molecule has 0 aromatic rings. The summed E-state index contributed by atoms with van der Waals surface area (Å²) in [7, 11) is -3.12. The second-order valence-electron chi connectivity index (χ2n) is 0.662. The maximum absolute atomic E-state index is 9.75. The van der Waals surface area contributed by atoms with Crippen LogP contribution in [-0.2, 0) is 0 Å². The molecule has 0 amide bonds. The highest BCUT2D eigenvalue weighted by atomic mass is 32.0. The Labute approximate surface area is 48.4 Å². The topological polar surface area (TPSA) is 26.0 Å². The van der Waals surface area contributed by atoms with Crippen LogP contribution in [-0.4, -0.2) is 7.25 Å². The highest BCUT2D eigenvalue weighted by Gasteiger charge is 2.20. The minimum Gasteiger partial charge on any atom is -0.418 e. The molecule has 8 heteroatoms. The second-order valence-corrected chi connectivity index (χ2v) is 1.99. The van der Waals surface area contributed by atoms with Gasteiger partial charge in [-0.15, -0.1) is 0 Å². The van der Waals surface area contributed by atoms with Gasteiger partial charge in [-0.3, -0.25) is 0 Å². The standard InChI is InChI=1S/BF4.H5NP2/c2-1(3,4)5;1-3-2/h;3H,1-2H2/q-1;. The molecule has 52 valence electrons. The fraction of sp³-hybridized carbons (Fsp3) is 0. The largest absolute Gasteiger partial charge is 0.673 e. The molecule has 0 saturated heterocycles. The third-order valence-corrected chi connectivity index (χ3v) is 0.